The standard InChI is InChI=1S/C19H26N4O2S2/c1-22(2)12-5-4-8-23(9-12)16(24)11-26-10-15-20-18(25)17-13-6-3-7-14(13)27-19(17)21-15/h12H,3-11H2,1-2H3,(H,20,21,25). The minimum absolute atomic E-state index is 0.0221. The van der Waals surface area contributed by atoms with Crippen LogP contribution < -0.4 is 5.56 Å². The number of nitrogens with one attached hydrogen (secondary N) is 1. The minimum Gasteiger partial charge on any atom is -0.340 e. The SMILES string of the molecule is CN(C)C1CCCN(C(=O)CSCc2nc3sc4c(c3c(=O)[nH]2)CCC4)C1. The number of aryl methyl sites for hydroxylation is 2. The molecule has 0 aromatic carbocycles. The zero-order valence-corrected chi connectivity index (χ0v) is 17.5. The summed E-state index contributed by atoms with van der Waals surface area (Å²) in [5, 5.41) is 0.792. The molecular weight excluding hydrogens is 380 g/mol. The van der Waals surface area contributed by atoms with Crippen molar-refractivity contribution in [3.8, 4) is 0 Å². The highest BCUT2D eigenvalue weighted by atomic mass is 32.2. The van der Waals surface area contributed by atoms with Gasteiger partial charge in [0.2, 0.25) is 5.91 Å². The van der Waals surface area contributed by atoms with Gasteiger partial charge in [0.25, 0.3) is 5.56 Å². The first kappa shape index (κ1) is 19.0. The van der Waals surface area contributed by atoms with Gasteiger partial charge in [-0.1, -0.05) is 0 Å². The van der Waals surface area contributed by atoms with E-state index in [2.05, 4.69) is 29.0 Å². The third-order valence-corrected chi connectivity index (χ3v) is 7.68. The number of nitrogens with zero attached hydrogens (tertiary/aromatic N) is 3. The van der Waals surface area contributed by atoms with Crippen LogP contribution in [-0.2, 0) is 23.4 Å². The average molecular weight is 407 g/mol. The Morgan fingerprint density at radius 3 is 3.04 bits per heavy atom. The van der Waals surface area contributed by atoms with Crippen LogP contribution in [0.5, 0.6) is 0 Å². The van der Waals surface area contributed by atoms with E-state index in [1.54, 1.807) is 11.3 Å². The van der Waals surface area contributed by atoms with Crippen LogP contribution in [0.4, 0.5) is 0 Å². The number of fused-ring (bicyclic) bond motifs is 3. The molecule has 146 valence electrons. The van der Waals surface area contributed by atoms with Crippen molar-refractivity contribution in [1.82, 2.24) is 19.8 Å². The zero-order valence-electron chi connectivity index (χ0n) is 15.9. The van der Waals surface area contributed by atoms with E-state index in [1.165, 1.54) is 22.2 Å². The Bertz CT molecular complexity index is 905. The third kappa shape index (κ3) is 3.93. The van der Waals surface area contributed by atoms with Crippen molar-refractivity contribution >= 4 is 39.2 Å². The molecule has 1 saturated heterocycles. The van der Waals surface area contributed by atoms with Gasteiger partial charge in [-0.05, 0) is 51.8 Å². The van der Waals surface area contributed by atoms with Crippen molar-refractivity contribution < 1.29 is 4.79 Å². The number of aromatic amines is 1. The number of likely N-dealkylation sites (N-methyl/N-ethyl adjacent to an activating group) is 1. The van der Waals surface area contributed by atoms with Gasteiger partial charge in [0.1, 0.15) is 10.7 Å². The fourth-order valence-corrected chi connectivity index (χ4v) is 6.11. The number of aromatic nitrogens is 2. The molecule has 1 N–H and O–H groups in total. The number of carbonyl (C=O) groups is 1. The average Bonchev–Trinajstić information content (AvgIpc) is 3.22. The van der Waals surface area contributed by atoms with Crippen LogP contribution in [0.1, 0.15) is 35.5 Å². The molecule has 3 heterocycles. The number of thiophene rings is 1. The monoisotopic (exact) mass is 406 g/mol. The van der Waals surface area contributed by atoms with Crippen LogP contribution in [0.15, 0.2) is 4.79 Å². The molecule has 2 aromatic heterocycles. The van der Waals surface area contributed by atoms with Gasteiger partial charge in [-0.3, -0.25) is 9.59 Å². The van der Waals surface area contributed by atoms with Gasteiger partial charge < -0.3 is 14.8 Å². The minimum atomic E-state index is -0.0221. The van der Waals surface area contributed by atoms with E-state index in [-0.39, 0.29) is 11.5 Å². The van der Waals surface area contributed by atoms with Crippen LogP contribution in [0.2, 0.25) is 0 Å². The van der Waals surface area contributed by atoms with Crippen molar-refractivity contribution in [1.29, 1.82) is 0 Å². The van der Waals surface area contributed by atoms with Gasteiger partial charge >= 0.3 is 0 Å². The highest BCUT2D eigenvalue weighted by Crippen LogP contribution is 2.34. The topological polar surface area (TPSA) is 69.3 Å². The second-order valence-corrected chi connectivity index (χ2v) is 9.71. The van der Waals surface area contributed by atoms with Gasteiger partial charge in [-0.25, -0.2) is 4.98 Å². The summed E-state index contributed by atoms with van der Waals surface area (Å²) in [5.74, 6) is 1.85. The molecule has 1 aliphatic carbocycles. The van der Waals surface area contributed by atoms with Crippen LogP contribution in [-0.4, -0.2) is 64.7 Å². The molecule has 1 fully saturated rings. The van der Waals surface area contributed by atoms with E-state index in [4.69, 9.17) is 0 Å². The summed E-state index contributed by atoms with van der Waals surface area (Å²) in [4.78, 5) is 39.0. The number of H-pyrrole nitrogens is 1. The maximum Gasteiger partial charge on any atom is 0.259 e. The molecule has 1 unspecified atom stereocenters. The summed E-state index contributed by atoms with van der Waals surface area (Å²) in [6.07, 6.45) is 5.42. The Balaban J connectivity index is 1.36. The molecule has 0 saturated carbocycles. The molecule has 0 radical (unpaired) electrons. The molecule has 8 heteroatoms. The molecule has 6 nitrogen and oxygen atoms in total. The highest BCUT2D eigenvalue weighted by molar-refractivity contribution is 7.99. The van der Waals surface area contributed by atoms with Gasteiger partial charge in [0, 0.05) is 24.0 Å². The van der Waals surface area contributed by atoms with E-state index in [9.17, 15) is 9.59 Å². The summed E-state index contributed by atoms with van der Waals surface area (Å²) in [5.41, 5.74) is 1.19. The normalized spacial score (nSPS) is 19.8. The Morgan fingerprint density at radius 2 is 2.22 bits per heavy atom. The molecule has 2 aliphatic rings. The molecular formula is C19H26N4O2S2. The van der Waals surface area contributed by atoms with E-state index in [1.807, 2.05) is 4.90 Å². The Hall–Kier alpha value is -1.38. The summed E-state index contributed by atoms with van der Waals surface area (Å²) >= 11 is 3.19. The first-order valence-corrected chi connectivity index (χ1v) is 11.6. The quantitative estimate of drug-likeness (QED) is 0.825. The van der Waals surface area contributed by atoms with Crippen molar-refractivity contribution in [2.45, 2.75) is 43.9 Å². The molecule has 2 aromatic rings. The number of thioether (sulfide) groups is 1. The lowest BCUT2D eigenvalue weighted by Gasteiger charge is -2.36. The predicted octanol–water partition coefficient (Wildman–Crippen LogP) is 2.26. The fraction of sp³-hybridized carbons (Fsp3) is 0.632. The Labute approximate surface area is 167 Å². The second-order valence-electron chi connectivity index (χ2n) is 7.64. The molecule has 0 spiro atoms. The second kappa shape index (κ2) is 7.93. The van der Waals surface area contributed by atoms with Crippen LogP contribution in [0, 0.1) is 0 Å². The largest absolute Gasteiger partial charge is 0.340 e. The van der Waals surface area contributed by atoms with E-state index >= 15 is 0 Å². The van der Waals surface area contributed by atoms with Crippen molar-refractivity contribution in [2.75, 3.05) is 32.9 Å². The lowest BCUT2D eigenvalue weighted by atomic mass is 10.1. The van der Waals surface area contributed by atoms with Crippen molar-refractivity contribution in [2.24, 2.45) is 0 Å². The maximum absolute atomic E-state index is 12.5. The molecule has 27 heavy (non-hydrogen) atoms. The van der Waals surface area contributed by atoms with Gasteiger partial charge in [-0.2, -0.15) is 0 Å². The van der Waals surface area contributed by atoms with E-state index < -0.39 is 0 Å². The van der Waals surface area contributed by atoms with Crippen molar-refractivity contribution in [3.05, 3.63) is 26.6 Å². The fourth-order valence-electron chi connectivity index (χ4n) is 4.04. The van der Waals surface area contributed by atoms with Crippen LogP contribution in [0.3, 0.4) is 0 Å². The molecule has 4 rings (SSSR count). The first-order valence-electron chi connectivity index (χ1n) is 9.58. The number of likely N-dealkylation sites (tertiary alicyclic amines) is 1. The van der Waals surface area contributed by atoms with Gasteiger partial charge in [-0.15, -0.1) is 23.1 Å². The first-order chi connectivity index (χ1) is 13.0. The summed E-state index contributed by atoms with van der Waals surface area (Å²) in [6.45, 7) is 1.67. The number of piperidine rings is 1. The van der Waals surface area contributed by atoms with Gasteiger partial charge in [0.15, 0.2) is 0 Å². The number of hydrogen-bond donors (Lipinski definition) is 1. The van der Waals surface area contributed by atoms with Crippen molar-refractivity contribution in [3.63, 3.8) is 0 Å². The molecule has 0 bridgehead atoms. The Morgan fingerprint density at radius 1 is 1.37 bits per heavy atom. The summed E-state index contributed by atoms with van der Waals surface area (Å²) < 4.78 is 0. The molecule has 1 aliphatic heterocycles. The summed E-state index contributed by atoms with van der Waals surface area (Å²) in [6, 6.07) is 0.453. The summed E-state index contributed by atoms with van der Waals surface area (Å²) in [7, 11) is 4.15. The number of amides is 1. The van der Waals surface area contributed by atoms with Crippen LogP contribution in [0.25, 0.3) is 10.2 Å². The van der Waals surface area contributed by atoms with E-state index in [0.717, 1.165) is 55.4 Å². The Kier molecular flexibility index (Phi) is 5.57. The maximum atomic E-state index is 12.5. The molecule has 1 atom stereocenters. The number of carbonyl (C=O) groups excluding carboxylic acids is 1. The van der Waals surface area contributed by atoms with E-state index in [0.29, 0.717) is 23.4 Å². The number of rotatable bonds is 5. The predicted molar refractivity (Wildman–Crippen MR) is 112 cm³/mol. The third-order valence-electron chi connectivity index (χ3n) is 5.57. The smallest absolute Gasteiger partial charge is 0.259 e. The van der Waals surface area contributed by atoms with Crippen LogP contribution >= 0.6 is 23.1 Å². The van der Waals surface area contributed by atoms with Gasteiger partial charge in [0.05, 0.1) is 16.9 Å². The lowest BCUT2D eigenvalue weighted by molar-refractivity contribution is -0.130. The zero-order chi connectivity index (χ0) is 19.0. The highest BCUT2D eigenvalue weighted by Gasteiger charge is 2.25. The lowest BCUT2D eigenvalue weighted by Crippen LogP contribution is -2.48. The number of hydrogen-bond acceptors (Lipinski definition) is 6. The molecule has 1 amide bonds.